The molecule has 4 rings (SSSR count). The number of nitrogens with zero attached hydrogens (tertiary/aromatic N) is 3. The van der Waals surface area contributed by atoms with Crippen LogP contribution in [0.4, 0.5) is 14.5 Å². The molecule has 128 valence electrons. The van der Waals surface area contributed by atoms with Crippen LogP contribution in [0.25, 0.3) is 11.0 Å². The number of rotatable bonds is 3. The summed E-state index contributed by atoms with van der Waals surface area (Å²) in [6, 6.07) is 8.47. The van der Waals surface area contributed by atoms with E-state index in [-0.39, 0.29) is 5.69 Å². The molecule has 1 amide bonds. The van der Waals surface area contributed by atoms with Crippen LogP contribution in [0.5, 0.6) is 0 Å². The third-order valence-electron chi connectivity index (χ3n) is 4.58. The van der Waals surface area contributed by atoms with Gasteiger partial charge in [-0.3, -0.25) is 4.79 Å². The van der Waals surface area contributed by atoms with E-state index in [1.54, 1.807) is 12.1 Å². The molecule has 7 heteroatoms. The molecule has 0 saturated heterocycles. The molecule has 0 bridgehead atoms. The molecule has 1 fully saturated rings. The summed E-state index contributed by atoms with van der Waals surface area (Å²) in [7, 11) is 0. The predicted octanol–water partition coefficient (Wildman–Crippen LogP) is 4.08. The quantitative estimate of drug-likeness (QED) is 0.780. The number of nitrogens with one attached hydrogen (secondary N) is 1. The Morgan fingerprint density at radius 2 is 1.92 bits per heavy atom. The Bertz CT molecular complexity index is 947. The third kappa shape index (κ3) is 2.97. The minimum Gasteiger partial charge on any atom is -0.319 e. The van der Waals surface area contributed by atoms with Crippen molar-refractivity contribution >= 4 is 22.6 Å². The maximum absolute atomic E-state index is 13.7. The lowest BCUT2D eigenvalue weighted by Gasteiger charge is -2.10. The van der Waals surface area contributed by atoms with Crippen LogP contribution in [-0.4, -0.2) is 20.9 Å². The lowest BCUT2D eigenvalue weighted by molar-refractivity contribution is 0.102. The van der Waals surface area contributed by atoms with Gasteiger partial charge in [-0.05, 0) is 43.2 Å². The number of hydrogen-bond donors (Lipinski definition) is 1. The molecular formula is C18H16F2N4O. The van der Waals surface area contributed by atoms with E-state index in [1.807, 2.05) is 10.7 Å². The molecule has 1 aromatic heterocycles. The number of anilines is 1. The largest absolute Gasteiger partial charge is 0.319 e. The molecule has 5 nitrogen and oxygen atoms in total. The maximum atomic E-state index is 13.7. The van der Waals surface area contributed by atoms with Crippen molar-refractivity contribution in [2.75, 3.05) is 5.32 Å². The molecule has 25 heavy (non-hydrogen) atoms. The molecule has 0 aliphatic heterocycles. The first kappa shape index (κ1) is 15.7. The fourth-order valence-electron chi connectivity index (χ4n) is 3.29. The van der Waals surface area contributed by atoms with Gasteiger partial charge in [0.2, 0.25) is 0 Å². The summed E-state index contributed by atoms with van der Waals surface area (Å²) in [5.74, 6) is -2.00. The summed E-state index contributed by atoms with van der Waals surface area (Å²) in [6.45, 7) is 0. The number of halogens is 2. The molecule has 1 saturated carbocycles. The van der Waals surface area contributed by atoms with Crippen molar-refractivity contribution in [1.29, 1.82) is 0 Å². The van der Waals surface area contributed by atoms with Crippen molar-refractivity contribution in [2.45, 2.75) is 31.7 Å². The van der Waals surface area contributed by atoms with Crippen molar-refractivity contribution in [2.24, 2.45) is 0 Å². The Hall–Kier alpha value is -2.83. The first-order valence-electron chi connectivity index (χ1n) is 8.23. The fraction of sp³-hybridized carbons (Fsp3) is 0.278. The molecule has 1 N–H and O–H groups in total. The van der Waals surface area contributed by atoms with Gasteiger partial charge in [0.15, 0.2) is 0 Å². The smallest absolute Gasteiger partial charge is 0.255 e. The lowest BCUT2D eigenvalue weighted by atomic mass is 10.1. The monoisotopic (exact) mass is 342 g/mol. The summed E-state index contributed by atoms with van der Waals surface area (Å²) in [4.78, 5) is 12.3. The Kier molecular flexibility index (Phi) is 3.91. The highest BCUT2D eigenvalue weighted by Crippen LogP contribution is 2.31. The number of carbonyl (C=O) groups is 1. The van der Waals surface area contributed by atoms with Gasteiger partial charge in [0, 0.05) is 11.6 Å². The predicted molar refractivity (Wildman–Crippen MR) is 89.3 cm³/mol. The second-order valence-electron chi connectivity index (χ2n) is 6.25. The maximum Gasteiger partial charge on any atom is 0.255 e. The Labute approximate surface area is 142 Å². The minimum atomic E-state index is -0.818. The zero-order valence-electron chi connectivity index (χ0n) is 13.4. The van der Waals surface area contributed by atoms with Crippen LogP contribution >= 0.6 is 0 Å². The van der Waals surface area contributed by atoms with E-state index in [0.29, 0.717) is 17.1 Å². The number of benzene rings is 2. The fourth-order valence-corrected chi connectivity index (χ4v) is 3.29. The van der Waals surface area contributed by atoms with Gasteiger partial charge >= 0.3 is 0 Å². The van der Waals surface area contributed by atoms with Gasteiger partial charge < -0.3 is 5.32 Å². The Balaban J connectivity index is 1.59. The summed E-state index contributed by atoms with van der Waals surface area (Å²) in [6.07, 6.45) is 4.56. The van der Waals surface area contributed by atoms with Gasteiger partial charge in [-0.1, -0.05) is 18.1 Å². The number of fused-ring (bicyclic) bond motifs is 1. The van der Waals surface area contributed by atoms with Crippen LogP contribution in [-0.2, 0) is 0 Å². The number of aromatic nitrogens is 3. The summed E-state index contributed by atoms with van der Waals surface area (Å²) in [5.41, 5.74) is 1.78. The molecule has 0 radical (unpaired) electrons. The molecular weight excluding hydrogens is 326 g/mol. The summed E-state index contributed by atoms with van der Waals surface area (Å²) >= 11 is 0. The standard InChI is InChI=1S/C18H16F2N4O/c19-12-6-7-15(14(20)10-12)21-18(25)11-5-8-17-16(9-11)22-23-24(17)13-3-1-2-4-13/h5-10,13H,1-4H2,(H,21,25). The first-order chi connectivity index (χ1) is 12.1. The van der Waals surface area contributed by atoms with Crippen molar-refractivity contribution in [3.05, 3.63) is 53.6 Å². The van der Waals surface area contributed by atoms with Crippen molar-refractivity contribution in [3.63, 3.8) is 0 Å². The molecule has 0 unspecified atom stereocenters. The average molecular weight is 342 g/mol. The number of amides is 1. The highest BCUT2D eigenvalue weighted by molar-refractivity contribution is 6.05. The van der Waals surface area contributed by atoms with Gasteiger partial charge in [0.05, 0.1) is 17.2 Å². The molecule has 0 atom stereocenters. The first-order valence-corrected chi connectivity index (χ1v) is 8.23. The van der Waals surface area contributed by atoms with Crippen molar-refractivity contribution < 1.29 is 13.6 Å². The van der Waals surface area contributed by atoms with Crippen LogP contribution in [0.1, 0.15) is 42.1 Å². The lowest BCUT2D eigenvalue weighted by Crippen LogP contribution is -2.13. The van der Waals surface area contributed by atoms with Gasteiger partial charge in [0.25, 0.3) is 5.91 Å². The van der Waals surface area contributed by atoms with E-state index >= 15 is 0 Å². The molecule has 1 aliphatic carbocycles. The van der Waals surface area contributed by atoms with Crippen LogP contribution < -0.4 is 5.32 Å². The van der Waals surface area contributed by atoms with Crippen LogP contribution in [0.2, 0.25) is 0 Å². The summed E-state index contributed by atoms with van der Waals surface area (Å²) < 4.78 is 28.5. The minimum absolute atomic E-state index is 0.0684. The normalized spacial score (nSPS) is 15.0. The second-order valence-corrected chi connectivity index (χ2v) is 6.25. The second kappa shape index (κ2) is 6.23. The molecule has 1 heterocycles. The van der Waals surface area contributed by atoms with E-state index in [4.69, 9.17) is 0 Å². The van der Waals surface area contributed by atoms with Crippen molar-refractivity contribution in [1.82, 2.24) is 15.0 Å². The van der Waals surface area contributed by atoms with E-state index in [1.165, 1.54) is 18.9 Å². The molecule has 3 aromatic rings. The SMILES string of the molecule is O=C(Nc1ccc(F)cc1F)c1ccc2c(c1)nnn2C1CCCC1. The molecule has 0 spiro atoms. The number of carbonyl (C=O) groups excluding carboxylic acids is 1. The zero-order chi connectivity index (χ0) is 17.4. The zero-order valence-corrected chi connectivity index (χ0v) is 13.4. The van der Waals surface area contributed by atoms with Crippen LogP contribution in [0.15, 0.2) is 36.4 Å². The highest BCUT2D eigenvalue weighted by atomic mass is 19.1. The van der Waals surface area contributed by atoms with Crippen molar-refractivity contribution in [3.8, 4) is 0 Å². The molecule has 1 aliphatic rings. The van der Waals surface area contributed by atoms with E-state index in [2.05, 4.69) is 15.6 Å². The van der Waals surface area contributed by atoms with Crippen LogP contribution in [0, 0.1) is 11.6 Å². The molecule has 2 aromatic carbocycles. The van der Waals surface area contributed by atoms with Gasteiger partial charge in [-0.2, -0.15) is 0 Å². The Morgan fingerprint density at radius 1 is 1.12 bits per heavy atom. The van der Waals surface area contributed by atoms with Gasteiger partial charge in [0.1, 0.15) is 17.2 Å². The van der Waals surface area contributed by atoms with E-state index < -0.39 is 17.5 Å². The van der Waals surface area contributed by atoms with E-state index in [0.717, 1.165) is 30.5 Å². The topological polar surface area (TPSA) is 59.8 Å². The van der Waals surface area contributed by atoms with Crippen LogP contribution in [0.3, 0.4) is 0 Å². The van der Waals surface area contributed by atoms with E-state index in [9.17, 15) is 13.6 Å². The highest BCUT2D eigenvalue weighted by Gasteiger charge is 2.20. The van der Waals surface area contributed by atoms with Gasteiger partial charge in [-0.15, -0.1) is 5.10 Å². The van der Waals surface area contributed by atoms with Gasteiger partial charge in [-0.25, -0.2) is 13.5 Å². The average Bonchev–Trinajstić information content (AvgIpc) is 3.25. The number of hydrogen-bond acceptors (Lipinski definition) is 3. The summed E-state index contributed by atoms with van der Waals surface area (Å²) in [5, 5.41) is 10.8. The Morgan fingerprint density at radius 3 is 2.68 bits per heavy atom. The third-order valence-corrected chi connectivity index (χ3v) is 4.58.